The summed E-state index contributed by atoms with van der Waals surface area (Å²) in [5, 5.41) is 4.14. The number of anilines is 1. The molecule has 3 rings (SSSR count). The highest BCUT2D eigenvalue weighted by atomic mass is 15.3. The molecule has 0 unspecified atom stereocenters. The van der Waals surface area contributed by atoms with Gasteiger partial charge in [-0.25, -0.2) is 14.6 Å². The van der Waals surface area contributed by atoms with Crippen molar-refractivity contribution in [3.63, 3.8) is 0 Å². The summed E-state index contributed by atoms with van der Waals surface area (Å²) in [6.07, 6.45) is 6.46. The smallest absolute Gasteiger partial charge is 0.158 e. The Morgan fingerprint density at radius 2 is 2.00 bits per heavy atom. The van der Waals surface area contributed by atoms with Gasteiger partial charge in [0.1, 0.15) is 12.1 Å². The first-order valence-corrected chi connectivity index (χ1v) is 5.00. The molecule has 1 aliphatic rings. The van der Waals surface area contributed by atoms with Crippen LogP contribution < -0.4 is 4.90 Å². The van der Waals surface area contributed by atoms with Crippen molar-refractivity contribution in [1.82, 2.24) is 19.7 Å². The van der Waals surface area contributed by atoms with Crippen LogP contribution in [-0.2, 0) is 0 Å². The van der Waals surface area contributed by atoms with Gasteiger partial charge in [-0.1, -0.05) is 0 Å². The normalized spacial score (nSPS) is 15.1. The maximum atomic E-state index is 4.24. The van der Waals surface area contributed by atoms with Gasteiger partial charge in [-0.2, -0.15) is 5.10 Å². The molecular formula is C10H11N5. The largest absolute Gasteiger partial charge is 0.356 e. The van der Waals surface area contributed by atoms with Gasteiger partial charge in [-0.3, -0.25) is 0 Å². The maximum absolute atomic E-state index is 4.24. The lowest BCUT2D eigenvalue weighted by Gasteiger charge is -2.31. The third-order valence-corrected chi connectivity index (χ3v) is 2.56. The van der Waals surface area contributed by atoms with Gasteiger partial charge in [0.05, 0.1) is 0 Å². The molecule has 5 heteroatoms. The number of aromatic nitrogens is 4. The van der Waals surface area contributed by atoms with Crippen molar-refractivity contribution >= 4 is 5.82 Å². The minimum atomic E-state index is 0.817. The first-order valence-electron chi connectivity index (χ1n) is 5.00. The zero-order chi connectivity index (χ0) is 10.1. The van der Waals surface area contributed by atoms with E-state index in [1.165, 1.54) is 6.42 Å². The highest BCUT2D eigenvalue weighted by Crippen LogP contribution is 2.18. The predicted molar refractivity (Wildman–Crippen MR) is 56.0 cm³/mol. The number of rotatable bonds is 2. The summed E-state index contributed by atoms with van der Waals surface area (Å²) in [6, 6.07) is 3.84. The first kappa shape index (κ1) is 8.40. The van der Waals surface area contributed by atoms with Gasteiger partial charge in [-0.05, 0) is 12.5 Å². The minimum absolute atomic E-state index is 0.817. The van der Waals surface area contributed by atoms with E-state index in [1.807, 2.05) is 18.3 Å². The summed E-state index contributed by atoms with van der Waals surface area (Å²) in [7, 11) is 0. The third-order valence-electron chi connectivity index (χ3n) is 2.56. The molecule has 0 radical (unpaired) electrons. The van der Waals surface area contributed by atoms with Crippen molar-refractivity contribution in [2.75, 3.05) is 18.0 Å². The SMILES string of the molecule is c1cnn(-c2cc(N3CCC3)ncn2)c1. The summed E-state index contributed by atoms with van der Waals surface area (Å²) >= 11 is 0. The van der Waals surface area contributed by atoms with E-state index in [4.69, 9.17) is 0 Å². The fourth-order valence-electron chi connectivity index (χ4n) is 1.59. The highest BCUT2D eigenvalue weighted by Gasteiger charge is 2.16. The van der Waals surface area contributed by atoms with Gasteiger partial charge in [0.25, 0.3) is 0 Å². The fraction of sp³-hybridized carbons (Fsp3) is 0.300. The van der Waals surface area contributed by atoms with Crippen LogP contribution in [0.1, 0.15) is 6.42 Å². The molecule has 3 heterocycles. The molecule has 0 bridgehead atoms. The molecule has 0 saturated carbocycles. The fourth-order valence-corrected chi connectivity index (χ4v) is 1.59. The number of hydrogen-bond donors (Lipinski definition) is 0. The van der Waals surface area contributed by atoms with Crippen molar-refractivity contribution in [2.24, 2.45) is 0 Å². The van der Waals surface area contributed by atoms with E-state index in [-0.39, 0.29) is 0 Å². The van der Waals surface area contributed by atoms with Crippen molar-refractivity contribution in [2.45, 2.75) is 6.42 Å². The van der Waals surface area contributed by atoms with Crippen molar-refractivity contribution in [3.8, 4) is 5.82 Å². The lowest BCUT2D eigenvalue weighted by Crippen LogP contribution is -2.37. The van der Waals surface area contributed by atoms with Gasteiger partial charge < -0.3 is 4.90 Å². The Hall–Kier alpha value is -1.91. The molecule has 1 fully saturated rings. The van der Waals surface area contributed by atoms with Crippen LogP contribution in [0.15, 0.2) is 30.9 Å². The maximum Gasteiger partial charge on any atom is 0.158 e. The zero-order valence-electron chi connectivity index (χ0n) is 8.24. The van der Waals surface area contributed by atoms with Gasteiger partial charge in [0.15, 0.2) is 5.82 Å². The van der Waals surface area contributed by atoms with E-state index in [9.17, 15) is 0 Å². The Morgan fingerprint density at radius 1 is 1.13 bits per heavy atom. The lowest BCUT2D eigenvalue weighted by molar-refractivity contribution is 0.608. The quantitative estimate of drug-likeness (QED) is 0.723. The molecular weight excluding hydrogens is 190 g/mol. The van der Waals surface area contributed by atoms with Gasteiger partial charge in [0, 0.05) is 31.5 Å². The highest BCUT2D eigenvalue weighted by molar-refractivity contribution is 5.44. The van der Waals surface area contributed by atoms with Crippen LogP contribution in [0.3, 0.4) is 0 Å². The van der Waals surface area contributed by atoms with E-state index < -0.39 is 0 Å². The van der Waals surface area contributed by atoms with Gasteiger partial charge in [0.2, 0.25) is 0 Å². The molecule has 2 aromatic rings. The van der Waals surface area contributed by atoms with E-state index in [0.29, 0.717) is 0 Å². The molecule has 76 valence electrons. The Morgan fingerprint density at radius 3 is 2.67 bits per heavy atom. The summed E-state index contributed by atoms with van der Waals surface area (Å²) in [4.78, 5) is 10.7. The molecule has 0 amide bonds. The van der Waals surface area contributed by atoms with E-state index >= 15 is 0 Å². The zero-order valence-corrected chi connectivity index (χ0v) is 8.24. The van der Waals surface area contributed by atoms with E-state index in [2.05, 4.69) is 20.0 Å². The van der Waals surface area contributed by atoms with Crippen molar-refractivity contribution < 1.29 is 0 Å². The van der Waals surface area contributed by atoms with E-state index in [0.717, 1.165) is 24.7 Å². The van der Waals surface area contributed by atoms with Crippen molar-refractivity contribution in [1.29, 1.82) is 0 Å². The summed E-state index contributed by atoms with van der Waals surface area (Å²) in [5.74, 6) is 1.80. The van der Waals surface area contributed by atoms with Crippen LogP contribution in [-0.4, -0.2) is 32.8 Å². The molecule has 15 heavy (non-hydrogen) atoms. The van der Waals surface area contributed by atoms with Crippen LogP contribution in [0.2, 0.25) is 0 Å². The van der Waals surface area contributed by atoms with E-state index in [1.54, 1.807) is 17.2 Å². The monoisotopic (exact) mass is 201 g/mol. The summed E-state index contributed by atoms with van der Waals surface area (Å²) < 4.78 is 1.74. The lowest BCUT2D eigenvalue weighted by atomic mass is 10.2. The first-order chi connectivity index (χ1) is 7.43. The summed E-state index contributed by atoms with van der Waals surface area (Å²) in [6.45, 7) is 2.19. The number of hydrogen-bond acceptors (Lipinski definition) is 4. The second kappa shape index (κ2) is 3.34. The molecule has 0 aliphatic carbocycles. The van der Waals surface area contributed by atoms with Crippen LogP contribution in [0.4, 0.5) is 5.82 Å². The number of nitrogens with zero attached hydrogens (tertiary/aromatic N) is 5. The Kier molecular flexibility index (Phi) is 1.87. The van der Waals surface area contributed by atoms with Crippen LogP contribution in [0.5, 0.6) is 0 Å². The van der Waals surface area contributed by atoms with Crippen LogP contribution >= 0.6 is 0 Å². The molecule has 1 saturated heterocycles. The molecule has 2 aromatic heterocycles. The molecule has 0 spiro atoms. The predicted octanol–water partition coefficient (Wildman–Crippen LogP) is 0.872. The Bertz CT molecular complexity index is 447. The van der Waals surface area contributed by atoms with Crippen LogP contribution in [0, 0.1) is 0 Å². The third kappa shape index (κ3) is 1.45. The van der Waals surface area contributed by atoms with Gasteiger partial charge >= 0.3 is 0 Å². The summed E-state index contributed by atoms with van der Waals surface area (Å²) in [5.41, 5.74) is 0. The molecule has 0 N–H and O–H groups in total. The van der Waals surface area contributed by atoms with Gasteiger partial charge in [-0.15, -0.1) is 0 Å². The molecule has 0 aromatic carbocycles. The van der Waals surface area contributed by atoms with Crippen LogP contribution in [0.25, 0.3) is 5.82 Å². The second-order valence-corrected chi connectivity index (χ2v) is 3.53. The average molecular weight is 201 g/mol. The Balaban J connectivity index is 1.95. The standard InChI is InChI=1S/C10H11N5/c1-3-13-15(6-1)10-7-9(11-8-12-10)14-4-2-5-14/h1,3,6-8H,2,4-5H2. The average Bonchev–Trinajstić information content (AvgIpc) is 2.68. The Labute approximate surface area is 87.4 Å². The topological polar surface area (TPSA) is 46.8 Å². The second-order valence-electron chi connectivity index (χ2n) is 3.53. The molecule has 0 atom stereocenters. The van der Waals surface area contributed by atoms with Crippen molar-refractivity contribution in [3.05, 3.63) is 30.9 Å². The molecule has 5 nitrogen and oxygen atoms in total. The minimum Gasteiger partial charge on any atom is -0.356 e. The molecule has 1 aliphatic heterocycles.